The molecule has 0 heterocycles. The van der Waals surface area contributed by atoms with E-state index in [0.29, 0.717) is 11.9 Å². The molecule has 2 saturated carbocycles. The molecule has 3 heteroatoms. The Hall–Kier alpha value is -0.570. The third kappa shape index (κ3) is 2.33. The first-order chi connectivity index (χ1) is 7.18. The Morgan fingerprint density at radius 3 is 2.33 bits per heavy atom. The van der Waals surface area contributed by atoms with Crippen LogP contribution in [0.2, 0.25) is 0 Å². The normalized spacial score (nSPS) is 32.1. The smallest absolute Gasteiger partial charge is 0.225 e. The van der Waals surface area contributed by atoms with Crippen LogP contribution in [0.3, 0.4) is 0 Å². The first kappa shape index (κ1) is 10.9. The second kappa shape index (κ2) is 4.52. The van der Waals surface area contributed by atoms with Crippen LogP contribution in [0.4, 0.5) is 0 Å². The van der Waals surface area contributed by atoms with Crippen molar-refractivity contribution in [3.05, 3.63) is 0 Å². The average molecular weight is 210 g/mol. The van der Waals surface area contributed by atoms with E-state index in [1.54, 1.807) is 0 Å². The molecule has 0 aromatic rings. The van der Waals surface area contributed by atoms with Crippen molar-refractivity contribution < 1.29 is 4.79 Å². The lowest BCUT2D eigenvalue weighted by Crippen LogP contribution is -2.48. The van der Waals surface area contributed by atoms with Gasteiger partial charge in [-0.25, -0.2) is 0 Å². The Bertz CT molecular complexity index is 230. The molecule has 0 aliphatic heterocycles. The number of hydrogen-bond acceptors (Lipinski definition) is 2. The van der Waals surface area contributed by atoms with Gasteiger partial charge in [-0.3, -0.25) is 4.79 Å². The second-order valence-corrected chi connectivity index (χ2v) is 5.17. The maximum atomic E-state index is 12.0. The maximum Gasteiger partial charge on any atom is 0.225 e. The van der Waals surface area contributed by atoms with Crippen molar-refractivity contribution in [2.24, 2.45) is 11.7 Å². The Morgan fingerprint density at radius 2 is 1.80 bits per heavy atom. The average Bonchev–Trinajstić information content (AvgIpc) is 2.24. The van der Waals surface area contributed by atoms with Crippen LogP contribution in [0.5, 0.6) is 0 Å². The molecule has 1 amide bonds. The van der Waals surface area contributed by atoms with Crippen LogP contribution < -0.4 is 5.73 Å². The zero-order chi connectivity index (χ0) is 10.8. The van der Waals surface area contributed by atoms with E-state index in [1.165, 1.54) is 32.1 Å². The van der Waals surface area contributed by atoms with Gasteiger partial charge in [-0.2, -0.15) is 0 Å². The van der Waals surface area contributed by atoms with E-state index in [0.717, 1.165) is 12.8 Å². The zero-order valence-electron chi connectivity index (χ0n) is 9.61. The van der Waals surface area contributed by atoms with Gasteiger partial charge in [-0.1, -0.05) is 19.3 Å². The third-order valence-corrected chi connectivity index (χ3v) is 3.99. The highest BCUT2D eigenvalue weighted by Crippen LogP contribution is 2.30. The summed E-state index contributed by atoms with van der Waals surface area (Å²) in [6.45, 7) is 0. The van der Waals surface area contributed by atoms with Crippen molar-refractivity contribution in [1.82, 2.24) is 4.90 Å². The molecule has 0 atom stereocenters. The molecular formula is C12H22N2O. The Balaban J connectivity index is 1.83. The van der Waals surface area contributed by atoms with Crippen LogP contribution in [-0.2, 0) is 4.79 Å². The molecule has 2 rings (SSSR count). The number of carbonyl (C=O) groups excluding carboxylic acids is 1. The summed E-state index contributed by atoms with van der Waals surface area (Å²) in [6.07, 6.45) is 8.10. The second-order valence-electron chi connectivity index (χ2n) is 5.17. The first-order valence-electron chi connectivity index (χ1n) is 6.20. The molecular weight excluding hydrogens is 188 g/mol. The van der Waals surface area contributed by atoms with E-state index in [2.05, 4.69) is 0 Å². The van der Waals surface area contributed by atoms with Crippen molar-refractivity contribution >= 4 is 5.91 Å². The number of rotatable bonds is 2. The van der Waals surface area contributed by atoms with E-state index >= 15 is 0 Å². The molecule has 0 saturated heterocycles. The molecule has 2 N–H and O–H groups in total. The first-order valence-corrected chi connectivity index (χ1v) is 6.20. The van der Waals surface area contributed by atoms with Gasteiger partial charge in [0.05, 0.1) is 0 Å². The van der Waals surface area contributed by atoms with Gasteiger partial charge in [0, 0.05) is 25.0 Å². The monoisotopic (exact) mass is 210 g/mol. The lowest BCUT2D eigenvalue weighted by atomic mass is 9.79. The van der Waals surface area contributed by atoms with E-state index < -0.39 is 0 Å². The lowest BCUT2D eigenvalue weighted by Gasteiger charge is -2.38. The van der Waals surface area contributed by atoms with Crippen LogP contribution in [0.15, 0.2) is 0 Å². The lowest BCUT2D eigenvalue weighted by molar-refractivity contribution is -0.140. The van der Waals surface area contributed by atoms with E-state index in [-0.39, 0.29) is 12.0 Å². The number of amides is 1. The SMILES string of the molecule is CN(C(=O)C1CC(N)C1)C1CCCCC1. The number of hydrogen-bond donors (Lipinski definition) is 1. The van der Waals surface area contributed by atoms with Crippen LogP contribution in [0.1, 0.15) is 44.9 Å². The quantitative estimate of drug-likeness (QED) is 0.751. The van der Waals surface area contributed by atoms with Gasteiger partial charge in [0.15, 0.2) is 0 Å². The summed E-state index contributed by atoms with van der Waals surface area (Å²) in [4.78, 5) is 14.0. The molecule has 0 aromatic heterocycles. The van der Waals surface area contributed by atoms with Crippen molar-refractivity contribution in [3.63, 3.8) is 0 Å². The van der Waals surface area contributed by atoms with Crippen molar-refractivity contribution in [2.75, 3.05) is 7.05 Å². The molecule has 3 nitrogen and oxygen atoms in total. The van der Waals surface area contributed by atoms with Crippen LogP contribution in [0, 0.1) is 5.92 Å². The van der Waals surface area contributed by atoms with Crippen molar-refractivity contribution in [3.8, 4) is 0 Å². The molecule has 0 spiro atoms. The minimum atomic E-state index is 0.229. The fourth-order valence-corrected chi connectivity index (χ4v) is 2.80. The van der Waals surface area contributed by atoms with Crippen molar-refractivity contribution in [1.29, 1.82) is 0 Å². The Labute approximate surface area is 92.0 Å². The summed E-state index contributed by atoms with van der Waals surface area (Å²) in [6, 6.07) is 0.779. The summed E-state index contributed by atoms with van der Waals surface area (Å²) in [5.41, 5.74) is 5.71. The molecule has 2 aliphatic carbocycles. The van der Waals surface area contributed by atoms with Crippen LogP contribution in [-0.4, -0.2) is 29.9 Å². The number of carbonyl (C=O) groups is 1. The Morgan fingerprint density at radius 1 is 1.20 bits per heavy atom. The van der Waals surface area contributed by atoms with Gasteiger partial charge >= 0.3 is 0 Å². The van der Waals surface area contributed by atoms with Gasteiger partial charge in [-0.15, -0.1) is 0 Å². The topological polar surface area (TPSA) is 46.3 Å². The maximum absolute atomic E-state index is 12.0. The minimum Gasteiger partial charge on any atom is -0.343 e. The largest absolute Gasteiger partial charge is 0.343 e. The fourth-order valence-electron chi connectivity index (χ4n) is 2.80. The van der Waals surface area contributed by atoms with Gasteiger partial charge in [0.25, 0.3) is 0 Å². The van der Waals surface area contributed by atoms with Gasteiger partial charge in [-0.05, 0) is 25.7 Å². The van der Waals surface area contributed by atoms with E-state index in [9.17, 15) is 4.79 Å². The third-order valence-electron chi connectivity index (χ3n) is 3.99. The summed E-state index contributed by atoms with van der Waals surface area (Å²) in [5, 5.41) is 0. The number of nitrogens with two attached hydrogens (primary N) is 1. The molecule has 15 heavy (non-hydrogen) atoms. The highest BCUT2D eigenvalue weighted by molar-refractivity contribution is 5.80. The van der Waals surface area contributed by atoms with Crippen LogP contribution in [0.25, 0.3) is 0 Å². The van der Waals surface area contributed by atoms with Gasteiger partial charge in [0.1, 0.15) is 0 Å². The standard InChI is InChI=1S/C12H22N2O/c1-14(11-5-3-2-4-6-11)12(15)9-7-10(13)8-9/h9-11H,2-8,13H2,1H3. The van der Waals surface area contributed by atoms with Crippen LogP contribution >= 0.6 is 0 Å². The highest BCUT2D eigenvalue weighted by atomic mass is 16.2. The summed E-state index contributed by atoms with van der Waals surface area (Å²) >= 11 is 0. The molecule has 0 unspecified atom stereocenters. The Kier molecular flexibility index (Phi) is 3.29. The zero-order valence-corrected chi connectivity index (χ0v) is 9.61. The van der Waals surface area contributed by atoms with E-state index in [4.69, 9.17) is 5.73 Å². The molecule has 0 aromatic carbocycles. The van der Waals surface area contributed by atoms with Gasteiger partial charge < -0.3 is 10.6 Å². The summed E-state index contributed by atoms with van der Waals surface area (Å²) in [5.74, 6) is 0.565. The molecule has 2 aliphatic rings. The molecule has 0 bridgehead atoms. The fraction of sp³-hybridized carbons (Fsp3) is 0.917. The number of nitrogens with zero attached hydrogens (tertiary/aromatic N) is 1. The minimum absolute atomic E-state index is 0.229. The molecule has 2 fully saturated rings. The van der Waals surface area contributed by atoms with E-state index in [1.807, 2.05) is 11.9 Å². The predicted octanol–water partition coefficient (Wildman–Crippen LogP) is 1.51. The van der Waals surface area contributed by atoms with Crippen molar-refractivity contribution in [2.45, 2.75) is 57.0 Å². The summed E-state index contributed by atoms with van der Waals surface area (Å²) < 4.78 is 0. The summed E-state index contributed by atoms with van der Waals surface area (Å²) in [7, 11) is 1.97. The van der Waals surface area contributed by atoms with Gasteiger partial charge in [0.2, 0.25) is 5.91 Å². The predicted molar refractivity (Wildman–Crippen MR) is 60.3 cm³/mol. The molecule has 0 radical (unpaired) electrons. The molecule has 86 valence electrons. The highest BCUT2D eigenvalue weighted by Gasteiger charge is 2.35.